The Hall–Kier alpha value is -1.28. The molecule has 0 bridgehead atoms. The van der Waals surface area contributed by atoms with Crippen LogP contribution in [-0.4, -0.2) is 30.3 Å². The van der Waals surface area contributed by atoms with Gasteiger partial charge in [0, 0.05) is 25.0 Å². The minimum atomic E-state index is -0.446. The Bertz CT molecular complexity index is 298. The van der Waals surface area contributed by atoms with Crippen molar-refractivity contribution >= 4 is 6.09 Å². The summed E-state index contributed by atoms with van der Waals surface area (Å²) >= 11 is 0. The molecule has 1 fully saturated rings. The lowest BCUT2D eigenvalue weighted by Gasteiger charge is -2.36. The van der Waals surface area contributed by atoms with Crippen LogP contribution in [0.15, 0.2) is 0 Å². The summed E-state index contributed by atoms with van der Waals surface area (Å²) in [5.74, 6) is 0. The summed E-state index contributed by atoms with van der Waals surface area (Å²) in [4.78, 5) is 11.4. The number of hydrogen-bond donors (Lipinski definition) is 2. The number of alkyl carbamates (subject to hydrolysis) is 1. The van der Waals surface area contributed by atoms with Crippen LogP contribution in [0, 0.1) is 11.3 Å². The van der Waals surface area contributed by atoms with E-state index in [0.717, 1.165) is 19.4 Å². The van der Waals surface area contributed by atoms with E-state index in [9.17, 15) is 4.79 Å². The van der Waals surface area contributed by atoms with Gasteiger partial charge in [-0.15, -0.1) is 0 Å². The zero-order chi connectivity index (χ0) is 12.9. The SMILES string of the molecule is CC(C)(C)OC(=O)NC1CC(NCCC#N)C1. The Balaban J connectivity index is 2.09. The molecule has 1 saturated carbocycles. The van der Waals surface area contributed by atoms with Crippen LogP contribution >= 0.6 is 0 Å². The van der Waals surface area contributed by atoms with Crippen LogP contribution < -0.4 is 10.6 Å². The zero-order valence-electron chi connectivity index (χ0n) is 10.7. The maximum Gasteiger partial charge on any atom is 0.407 e. The van der Waals surface area contributed by atoms with Gasteiger partial charge in [0.2, 0.25) is 0 Å². The van der Waals surface area contributed by atoms with Crippen molar-refractivity contribution in [1.82, 2.24) is 10.6 Å². The number of hydrogen-bond acceptors (Lipinski definition) is 4. The molecule has 0 aromatic rings. The van der Waals surface area contributed by atoms with E-state index in [0.29, 0.717) is 12.5 Å². The van der Waals surface area contributed by atoms with Crippen LogP contribution in [0.3, 0.4) is 0 Å². The van der Waals surface area contributed by atoms with Crippen molar-refractivity contribution in [2.24, 2.45) is 0 Å². The lowest BCUT2D eigenvalue weighted by atomic mass is 9.87. The maximum atomic E-state index is 11.4. The van der Waals surface area contributed by atoms with Crippen molar-refractivity contribution in [3.63, 3.8) is 0 Å². The van der Waals surface area contributed by atoms with Crippen LogP contribution in [0.1, 0.15) is 40.0 Å². The van der Waals surface area contributed by atoms with Crippen LogP contribution in [0.4, 0.5) is 4.79 Å². The summed E-state index contributed by atoms with van der Waals surface area (Å²) in [6.45, 7) is 6.26. The average Bonchev–Trinajstić information content (AvgIpc) is 2.10. The van der Waals surface area contributed by atoms with Gasteiger partial charge in [0.05, 0.1) is 6.07 Å². The van der Waals surface area contributed by atoms with Gasteiger partial charge in [-0.25, -0.2) is 4.79 Å². The highest BCUT2D eigenvalue weighted by atomic mass is 16.6. The molecule has 0 saturated heterocycles. The van der Waals surface area contributed by atoms with Gasteiger partial charge in [-0.05, 0) is 33.6 Å². The number of nitrogens with zero attached hydrogens (tertiary/aromatic N) is 1. The number of nitrogens with one attached hydrogen (secondary N) is 2. The van der Waals surface area contributed by atoms with E-state index in [4.69, 9.17) is 10.00 Å². The molecule has 0 unspecified atom stereocenters. The first-order valence-corrected chi connectivity index (χ1v) is 6.00. The van der Waals surface area contributed by atoms with Crippen molar-refractivity contribution in [3.05, 3.63) is 0 Å². The predicted octanol–water partition coefficient (Wildman–Crippen LogP) is 1.55. The Kier molecular flexibility index (Phi) is 4.76. The smallest absolute Gasteiger partial charge is 0.407 e. The molecule has 0 aromatic carbocycles. The molecule has 17 heavy (non-hydrogen) atoms. The number of ether oxygens (including phenoxy) is 1. The predicted molar refractivity (Wildman–Crippen MR) is 64.4 cm³/mol. The molecule has 0 spiro atoms. The Morgan fingerprint density at radius 1 is 1.41 bits per heavy atom. The largest absolute Gasteiger partial charge is 0.444 e. The van der Waals surface area contributed by atoms with E-state index in [2.05, 4.69) is 16.7 Å². The van der Waals surface area contributed by atoms with E-state index in [1.165, 1.54) is 0 Å². The van der Waals surface area contributed by atoms with Gasteiger partial charge in [-0.1, -0.05) is 0 Å². The Labute approximate surface area is 103 Å². The molecule has 2 N–H and O–H groups in total. The molecule has 5 nitrogen and oxygen atoms in total. The van der Waals surface area contributed by atoms with E-state index in [1.807, 2.05) is 20.8 Å². The van der Waals surface area contributed by atoms with Crippen molar-refractivity contribution < 1.29 is 9.53 Å². The molecule has 96 valence electrons. The normalized spacial score (nSPS) is 23.4. The van der Waals surface area contributed by atoms with Crippen LogP contribution in [0.25, 0.3) is 0 Å². The second kappa shape index (κ2) is 5.87. The number of carbonyl (C=O) groups is 1. The van der Waals surface area contributed by atoms with Crippen molar-refractivity contribution in [1.29, 1.82) is 5.26 Å². The zero-order valence-corrected chi connectivity index (χ0v) is 10.7. The minimum absolute atomic E-state index is 0.199. The highest BCUT2D eigenvalue weighted by molar-refractivity contribution is 5.68. The highest BCUT2D eigenvalue weighted by Crippen LogP contribution is 2.20. The number of rotatable bonds is 4. The lowest BCUT2D eigenvalue weighted by molar-refractivity contribution is 0.0466. The highest BCUT2D eigenvalue weighted by Gasteiger charge is 2.30. The molecule has 0 aliphatic heterocycles. The number of carbonyl (C=O) groups excluding carboxylic acids is 1. The van der Waals surface area contributed by atoms with Gasteiger partial charge in [0.15, 0.2) is 0 Å². The quantitative estimate of drug-likeness (QED) is 0.730. The average molecular weight is 239 g/mol. The van der Waals surface area contributed by atoms with Crippen LogP contribution in [-0.2, 0) is 4.74 Å². The third-order valence-corrected chi connectivity index (χ3v) is 2.53. The molecule has 0 atom stereocenters. The van der Waals surface area contributed by atoms with E-state index in [-0.39, 0.29) is 12.1 Å². The Morgan fingerprint density at radius 3 is 2.59 bits per heavy atom. The molecule has 0 aromatic heterocycles. The third kappa shape index (κ3) is 5.55. The van der Waals surface area contributed by atoms with Crippen molar-refractivity contribution in [2.75, 3.05) is 6.54 Å². The first kappa shape index (κ1) is 13.8. The van der Waals surface area contributed by atoms with Gasteiger partial charge in [-0.2, -0.15) is 5.26 Å². The summed E-state index contributed by atoms with van der Waals surface area (Å²) in [6, 6.07) is 2.71. The van der Waals surface area contributed by atoms with Gasteiger partial charge >= 0.3 is 6.09 Å². The first-order valence-electron chi connectivity index (χ1n) is 6.00. The topological polar surface area (TPSA) is 74.2 Å². The molecular formula is C12H21N3O2. The van der Waals surface area contributed by atoms with Gasteiger partial charge < -0.3 is 15.4 Å². The number of amides is 1. The summed E-state index contributed by atoms with van der Waals surface area (Å²) < 4.78 is 5.16. The maximum absolute atomic E-state index is 11.4. The summed E-state index contributed by atoms with van der Waals surface area (Å²) in [5.41, 5.74) is -0.446. The molecule has 1 aliphatic rings. The van der Waals surface area contributed by atoms with Gasteiger partial charge in [0.1, 0.15) is 5.60 Å². The Morgan fingerprint density at radius 2 is 2.06 bits per heavy atom. The molecule has 5 heteroatoms. The lowest BCUT2D eigenvalue weighted by Crippen LogP contribution is -2.53. The second-order valence-corrected chi connectivity index (χ2v) is 5.37. The van der Waals surface area contributed by atoms with Crippen molar-refractivity contribution in [2.45, 2.75) is 57.7 Å². The molecule has 1 aliphatic carbocycles. The van der Waals surface area contributed by atoms with Gasteiger partial charge in [-0.3, -0.25) is 0 Å². The minimum Gasteiger partial charge on any atom is -0.444 e. The van der Waals surface area contributed by atoms with Gasteiger partial charge in [0.25, 0.3) is 0 Å². The monoisotopic (exact) mass is 239 g/mol. The molecule has 0 heterocycles. The summed E-state index contributed by atoms with van der Waals surface area (Å²) in [7, 11) is 0. The van der Waals surface area contributed by atoms with Crippen LogP contribution in [0.2, 0.25) is 0 Å². The fraction of sp³-hybridized carbons (Fsp3) is 0.833. The molecule has 0 radical (unpaired) electrons. The summed E-state index contributed by atoms with van der Waals surface area (Å²) in [6.07, 6.45) is 1.99. The first-order chi connectivity index (χ1) is 7.90. The molecular weight excluding hydrogens is 218 g/mol. The van der Waals surface area contributed by atoms with E-state index >= 15 is 0 Å². The molecule has 1 rings (SSSR count). The fourth-order valence-electron chi connectivity index (χ4n) is 1.71. The van der Waals surface area contributed by atoms with E-state index < -0.39 is 5.60 Å². The number of nitriles is 1. The van der Waals surface area contributed by atoms with E-state index in [1.54, 1.807) is 0 Å². The third-order valence-electron chi connectivity index (χ3n) is 2.53. The molecule has 1 amide bonds. The fourth-order valence-corrected chi connectivity index (χ4v) is 1.71. The van der Waals surface area contributed by atoms with Crippen molar-refractivity contribution in [3.8, 4) is 6.07 Å². The summed E-state index contributed by atoms with van der Waals surface area (Å²) in [5, 5.41) is 14.5. The standard InChI is InChI=1S/C12H21N3O2/c1-12(2,3)17-11(16)15-10-7-9(8-10)14-6-4-5-13/h9-10,14H,4,6-8H2,1-3H3,(H,15,16). The van der Waals surface area contributed by atoms with Crippen LogP contribution in [0.5, 0.6) is 0 Å². The second-order valence-electron chi connectivity index (χ2n) is 5.37.